The summed E-state index contributed by atoms with van der Waals surface area (Å²) in [5, 5.41) is 9.71. The summed E-state index contributed by atoms with van der Waals surface area (Å²) >= 11 is 0. The van der Waals surface area contributed by atoms with E-state index in [0.717, 1.165) is 17.3 Å². The van der Waals surface area contributed by atoms with Gasteiger partial charge in [0.25, 0.3) is 0 Å². The molecule has 0 saturated heterocycles. The third kappa shape index (κ3) is 4.75. The number of aromatic nitrogens is 2. The average molecular weight is 485 g/mol. The fourth-order valence-electron chi connectivity index (χ4n) is 3.58. The van der Waals surface area contributed by atoms with Gasteiger partial charge in [-0.15, -0.1) is 0 Å². The number of hydrogen-bond donors (Lipinski definition) is 1. The van der Waals surface area contributed by atoms with Crippen LogP contribution in [0.15, 0.2) is 110 Å². The molecule has 174 valence electrons. The van der Waals surface area contributed by atoms with Crippen molar-refractivity contribution in [2.45, 2.75) is 4.90 Å². The molecule has 0 radical (unpaired) electrons. The minimum absolute atomic E-state index is 0.224. The van der Waals surface area contributed by atoms with Crippen LogP contribution in [0.2, 0.25) is 0 Å². The number of hydrazone groups is 1. The van der Waals surface area contributed by atoms with Crippen LogP contribution in [0, 0.1) is 0 Å². The number of sulfone groups is 1. The van der Waals surface area contributed by atoms with Gasteiger partial charge in [-0.05, 0) is 48.5 Å². The van der Waals surface area contributed by atoms with E-state index in [0.29, 0.717) is 28.1 Å². The first kappa shape index (κ1) is 22.3. The molecule has 0 fully saturated rings. The molecule has 0 saturated carbocycles. The number of rotatable bonds is 6. The number of nitrogens with one attached hydrogen (secondary N) is 1. The van der Waals surface area contributed by atoms with Crippen molar-refractivity contribution < 1.29 is 12.8 Å². The maximum Gasteiger partial charge on any atom is 0.345 e. The second kappa shape index (κ2) is 9.03. The maximum absolute atomic E-state index is 12.8. The van der Waals surface area contributed by atoms with Crippen molar-refractivity contribution >= 4 is 32.7 Å². The van der Waals surface area contributed by atoms with Gasteiger partial charge >= 0.3 is 5.63 Å². The molecule has 0 aliphatic rings. The molecule has 1 N–H and O–H groups in total. The van der Waals surface area contributed by atoms with Gasteiger partial charge in [0.05, 0.1) is 28.0 Å². The molecule has 0 aliphatic carbocycles. The molecule has 0 unspecified atom stereocenters. The van der Waals surface area contributed by atoms with Crippen molar-refractivity contribution in [3.63, 3.8) is 0 Å². The molecule has 0 spiro atoms. The van der Waals surface area contributed by atoms with Gasteiger partial charge in [-0.1, -0.05) is 36.4 Å². The second-order valence-corrected chi connectivity index (χ2v) is 9.88. The lowest BCUT2D eigenvalue weighted by atomic mass is 10.1. The average Bonchev–Trinajstić information content (AvgIpc) is 3.28. The first-order valence-corrected chi connectivity index (χ1v) is 12.6. The number of fused-ring (bicyclic) bond motifs is 1. The SMILES string of the molecule is CS(=O)(=O)c1ccc(NN=Cc2cn(-c3ccccc3)nc2-c2cc3ccccc3oc2=O)cc1. The lowest BCUT2D eigenvalue weighted by Crippen LogP contribution is -2.05. The molecular formula is C26H20N4O4S. The molecule has 3 aromatic carbocycles. The fourth-order valence-corrected chi connectivity index (χ4v) is 4.21. The molecule has 2 aromatic heterocycles. The summed E-state index contributed by atoms with van der Waals surface area (Å²) < 4.78 is 30.5. The largest absolute Gasteiger partial charge is 0.422 e. The van der Waals surface area contributed by atoms with Gasteiger partial charge in [-0.2, -0.15) is 10.2 Å². The zero-order valence-electron chi connectivity index (χ0n) is 18.6. The Morgan fingerprint density at radius 2 is 1.69 bits per heavy atom. The summed E-state index contributed by atoms with van der Waals surface area (Å²) in [5.41, 5.74) is 5.64. The van der Waals surface area contributed by atoms with Crippen LogP contribution in [0.4, 0.5) is 5.69 Å². The third-order valence-corrected chi connectivity index (χ3v) is 6.47. The van der Waals surface area contributed by atoms with E-state index >= 15 is 0 Å². The lowest BCUT2D eigenvalue weighted by molar-refractivity contribution is 0.563. The Morgan fingerprint density at radius 3 is 2.43 bits per heavy atom. The molecule has 9 heteroatoms. The van der Waals surface area contributed by atoms with Gasteiger partial charge in [0.15, 0.2) is 9.84 Å². The number of hydrogen-bond acceptors (Lipinski definition) is 7. The van der Waals surface area contributed by atoms with Gasteiger partial charge in [0, 0.05) is 23.4 Å². The molecule has 0 bridgehead atoms. The smallest absolute Gasteiger partial charge is 0.345 e. The summed E-state index contributed by atoms with van der Waals surface area (Å²) in [6.45, 7) is 0. The van der Waals surface area contributed by atoms with Crippen LogP contribution < -0.4 is 11.1 Å². The van der Waals surface area contributed by atoms with Gasteiger partial charge in [-0.25, -0.2) is 17.9 Å². The quantitative estimate of drug-likeness (QED) is 0.216. The lowest BCUT2D eigenvalue weighted by Gasteiger charge is -2.02. The normalized spacial score (nSPS) is 11.8. The molecule has 2 heterocycles. The molecule has 35 heavy (non-hydrogen) atoms. The Hall–Kier alpha value is -4.50. The van der Waals surface area contributed by atoms with E-state index in [2.05, 4.69) is 15.6 Å². The molecule has 0 aliphatic heterocycles. The van der Waals surface area contributed by atoms with Crippen LogP contribution in [0.25, 0.3) is 27.9 Å². The highest BCUT2D eigenvalue weighted by molar-refractivity contribution is 7.90. The summed E-state index contributed by atoms with van der Waals surface area (Å²) in [7, 11) is -3.28. The van der Waals surface area contributed by atoms with E-state index in [9.17, 15) is 13.2 Å². The number of anilines is 1. The summed E-state index contributed by atoms with van der Waals surface area (Å²) in [6, 6.07) is 24.8. The molecule has 8 nitrogen and oxygen atoms in total. The minimum atomic E-state index is -3.28. The van der Waals surface area contributed by atoms with E-state index in [1.807, 2.05) is 42.5 Å². The van der Waals surface area contributed by atoms with Gasteiger partial charge < -0.3 is 4.42 Å². The van der Waals surface area contributed by atoms with Crippen LogP contribution in [0.3, 0.4) is 0 Å². The van der Waals surface area contributed by atoms with E-state index < -0.39 is 15.5 Å². The predicted octanol–water partition coefficient (Wildman–Crippen LogP) is 4.50. The maximum atomic E-state index is 12.8. The summed E-state index contributed by atoms with van der Waals surface area (Å²) in [5.74, 6) is 0. The highest BCUT2D eigenvalue weighted by atomic mass is 32.2. The standard InChI is InChI=1S/C26H20N4O4S/c1-35(32,33)22-13-11-20(12-14-22)28-27-16-19-17-30(21-8-3-2-4-9-21)29-25(19)23-15-18-7-5-6-10-24(18)34-26(23)31/h2-17,28H,1H3. The monoisotopic (exact) mass is 484 g/mol. The second-order valence-electron chi connectivity index (χ2n) is 7.87. The van der Waals surface area contributed by atoms with Gasteiger partial charge in [0.2, 0.25) is 0 Å². The van der Waals surface area contributed by atoms with E-state index in [4.69, 9.17) is 4.42 Å². The van der Waals surface area contributed by atoms with E-state index in [1.54, 1.807) is 47.4 Å². The minimum Gasteiger partial charge on any atom is -0.422 e. The highest BCUT2D eigenvalue weighted by Gasteiger charge is 2.16. The Kier molecular flexibility index (Phi) is 5.76. The van der Waals surface area contributed by atoms with Crippen LogP contribution in [-0.4, -0.2) is 30.7 Å². The molecular weight excluding hydrogens is 464 g/mol. The first-order valence-electron chi connectivity index (χ1n) is 10.7. The first-order chi connectivity index (χ1) is 16.9. The van der Waals surface area contributed by atoms with Crippen LogP contribution in [-0.2, 0) is 9.84 Å². The predicted molar refractivity (Wildman–Crippen MR) is 136 cm³/mol. The van der Waals surface area contributed by atoms with Crippen molar-refractivity contribution in [1.82, 2.24) is 9.78 Å². The number of benzene rings is 3. The Balaban J connectivity index is 1.53. The molecule has 5 aromatic rings. The topological polar surface area (TPSA) is 107 Å². The summed E-state index contributed by atoms with van der Waals surface area (Å²) in [6.07, 6.45) is 4.49. The Morgan fingerprint density at radius 1 is 0.971 bits per heavy atom. The van der Waals surface area contributed by atoms with Crippen molar-refractivity contribution in [1.29, 1.82) is 0 Å². The zero-order chi connectivity index (χ0) is 24.4. The fraction of sp³-hybridized carbons (Fsp3) is 0.0385. The van der Waals surface area contributed by atoms with Crippen molar-refractivity contribution in [3.05, 3.63) is 107 Å². The number of para-hydroxylation sites is 2. The van der Waals surface area contributed by atoms with Crippen LogP contribution >= 0.6 is 0 Å². The molecule has 0 atom stereocenters. The van der Waals surface area contributed by atoms with E-state index in [-0.39, 0.29) is 4.90 Å². The van der Waals surface area contributed by atoms with Gasteiger partial charge in [0.1, 0.15) is 11.3 Å². The van der Waals surface area contributed by atoms with Crippen molar-refractivity contribution in [2.75, 3.05) is 11.7 Å². The summed E-state index contributed by atoms with van der Waals surface area (Å²) in [4.78, 5) is 13.0. The van der Waals surface area contributed by atoms with E-state index in [1.165, 1.54) is 12.1 Å². The third-order valence-electron chi connectivity index (χ3n) is 5.34. The highest BCUT2D eigenvalue weighted by Crippen LogP contribution is 2.24. The molecule has 5 rings (SSSR count). The van der Waals surface area contributed by atoms with Crippen molar-refractivity contribution in [2.24, 2.45) is 5.10 Å². The van der Waals surface area contributed by atoms with Crippen molar-refractivity contribution in [3.8, 4) is 16.9 Å². The zero-order valence-corrected chi connectivity index (χ0v) is 19.4. The Bertz CT molecular complexity index is 1700. The molecule has 0 amide bonds. The van der Waals surface area contributed by atoms with Gasteiger partial charge in [-0.3, -0.25) is 5.43 Å². The van der Waals surface area contributed by atoms with Crippen LogP contribution in [0.5, 0.6) is 0 Å². The Labute approximate surface area is 201 Å². The number of nitrogens with zero attached hydrogens (tertiary/aromatic N) is 3. The van der Waals surface area contributed by atoms with Crippen LogP contribution in [0.1, 0.15) is 5.56 Å².